The van der Waals surface area contributed by atoms with Gasteiger partial charge >= 0.3 is 0 Å². The number of nitrogens with zero attached hydrogens (tertiary/aromatic N) is 1. The van der Waals surface area contributed by atoms with Crippen LogP contribution in [0.2, 0.25) is 0 Å². The number of rotatable bonds is 5. The van der Waals surface area contributed by atoms with E-state index in [9.17, 15) is 4.79 Å². The quantitative estimate of drug-likeness (QED) is 0.895. The molecule has 1 fully saturated rings. The van der Waals surface area contributed by atoms with Gasteiger partial charge < -0.3 is 14.8 Å². The van der Waals surface area contributed by atoms with Crippen LogP contribution < -0.4 is 10.1 Å². The number of hydrogen-bond donors (Lipinski definition) is 1. The molecular weight excluding hydrogens is 268 g/mol. The summed E-state index contributed by atoms with van der Waals surface area (Å²) in [4.78, 5) is 14.3. The lowest BCUT2D eigenvalue weighted by Gasteiger charge is -2.30. The summed E-state index contributed by atoms with van der Waals surface area (Å²) >= 11 is 0. The van der Waals surface area contributed by atoms with Crippen molar-refractivity contribution in [1.29, 1.82) is 0 Å². The third kappa shape index (κ3) is 4.44. The van der Waals surface area contributed by atoms with Gasteiger partial charge in [0.05, 0.1) is 32.4 Å². The number of methoxy groups -OCH3 is 1. The molecule has 0 bridgehead atoms. The minimum atomic E-state index is -0.0767. The molecule has 0 aromatic heterocycles. The maximum absolute atomic E-state index is 12.2. The lowest BCUT2D eigenvalue weighted by atomic mass is 10.1. The summed E-state index contributed by atoms with van der Waals surface area (Å²) in [5, 5.41) is 3.03. The Labute approximate surface area is 126 Å². The molecule has 1 aliphatic rings. The second kappa shape index (κ2) is 7.43. The van der Waals surface area contributed by atoms with Crippen LogP contribution in [0.5, 0.6) is 5.75 Å². The Hall–Kier alpha value is -1.59. The van der Waals surface area contributed by atoms with Gasteiger partial charge in [-0.15, -0.1) is 0 Å². The summed E-state index contributed by atoms with van der Waals surface area (Å²) in [6.45, 7) is 6.71. The molecule has 0 radical (unpaired) electrons. The summed E-state index contributed by atoms with van der Waals surface area (Å²) in [6, 6.07) is 7.67. The van der Waals surface area contributed by atoms with Gasteiger partial charge in [0, 0.05) is 18.7 Å². The highest BCUT2D eigenvalue weighted by Crippen LogP contribution is 2.24. The van der Waals surface area contributed by atoms with Gasteiger partial charge in [-0.2, -0.15) is 0 Å². The molecule has 1 heterocycles. The molecule has 0 spiro atoms. The largest absolute Gasteiger partial charge is 0.496 e. The Morgan fingerprint density at radius 1 is 1.52 bits per heavy atom. The van der Waals surface area contributed by atoms with Crippen molar-refractivity contribution in [2.75, 3.05) is 33.4 Å². The van der Waals surface area contributed by atoms with Crippen molar-refractivity contribution in [3.8, 4) is 5.75 Å². The zero-order valence-corrected chi connectivity index (χ0v) is 13.0. The highest BCUT2D eigenvalue weighted by Gasteiger charge is 2.20. The highest BCUT2D eigenvalue weighted by atomic mass is 16.5. The van der Waals surface area contributed by atoms with E-state index in [1.165, 1.54) is 0 Å². The number of hydrogen-bond acceptors (Lipinski definition) is 4. The van der Waals surface area contributed by atoms with Crippen molar-refractivity contribution in [1.82, 2.24) is 10.2 Å². The van der Waals surface area contributed by atoms with Crippen LogP contribution in [-0.4, -0.2) is 50.3 Å². The number of ether oxygens (including phenoxy) is 2. The van der Waals surface area contributed by atoms with Gasteiger partial charge in [-0.25, -0.2) is 0 Å². The van der Waals surface area contributed by atoms with Crippen molar-refractivity contribution in [3.05, 3.63) is 29.8 Å². The van der Waals surface area contributed by atoms with Crippen LogP contribution in [0.3, 0.4) is 0 Å². The molecule has 1 aliphatic heterocycles. The molecule has 2 atom stereocenters. The first-order valence-corrected chi connectivity index (χ1v) is 7.36. The van der Waals surface area contributed by atoms with Gasteiger partial charge in [-0.05, 0) is 19.9 Å². The molecule has 1 amide bonds. The van der Waals surface area contributed by atoms with Gasteiger partial charge in [-0.1, -0.05) is 18.2 Å². The Morgan fingerprint density at radius 2 is 2.29 bits per heavy atom. The first-order valence-electron chi connectivity index (χ1n) is 7.36. The number of carbonyl (C=O) groups excluding carboxylic acids is 1. The van der Waals surface area contributed by atoms with Crippen LogP contribution in [0.4, 0.5) is 0 Å². The zero-order chi connectivity index (χ0) is 15.2. The average molecular weight is 292 g/mol. The molecule has 1 N–H and O–H groups in total. The summed E-state index contributed by atoms with van der Waals surface area (Å²) in [7, 11) is 1.64. The molecule has 5 heteroatoms. The fourth-order valence-corrected chi connectivity index (χ4v) is 2.63. The van der Waals surface area contributed by atoms with Crippen molar-refractivity contribution >= 4 is 5.91 Å². The van der Waals surface area contributed by atoms with Gasteiger partial charge in [0.1, 0.15) is 5.75 Å². The number of nitrogens with one attached hydrogen (secondary N) is 1. The lowest BCUT2D eigenvalue weighted by Crippen LogP contribution is -2.46. The monoisotopic (exact) mass is 292 g/mol. The molecule has 1 aromatic rings. The van der Waals surface area contributed by atoms with E-state index < -0.39 is 0 Å². The Kier molecular flexibility index (Phi) is 5.59. The maximum Gasteiger partial charge on any atom is 0.234 e. The first-order chi connectivity index (χ1) is 10.1. The number of benzene rings is 1. The zero-order valence-electron chi connectivity index (χ0n) is 13.0. The summed E-state index contributed by atoms with van der Waals surface area (Å²) < 4.78 is 10.8. The van der Waals surface area contributed by atoms with E-state index in [-0.39, 0.29) is 18.1 Å². The molecule has 1 aromatic carbocycles. The molecule has 5 nitrogen and oxygen atoms in total. The van der Waals surface area contributed by atoms with Crippen LogP contribution in [0, 0.1) is 0 Å². The normalized spacial score (nSPS) is 20.8. The number of morpholine rings is 1. The molecule has 1 saturated heterocycles. The summed E-state index contributed by atoms with van der Waals surface area (Å²) in [5.74, 6) is 0.827. The second-order valence-electron chi connectivity index (χ2n) is 5.45. The predicted octanol–water partition coefficient (Wildman–Crippen LogP) is 1.59. The van der Waals surface area contributed by atoms with E-state index in [0.29, 0.717) is 13.2 Å². The molecule has 116 valence electrons. The predicted molar refractivity (Wildman–Crippen MR) is 81.4 cm³/mol. The average Bonchev–Trinajstić information content (AvgIpc) is 2.47. The summed E-state index contributed by atoms with van der Waals surface area (Å²) in [5.41, 5.74) is 0.990. The minimum Gasteiger partial charge on any atom is -0.496 e. The fraction of sp³-hybridized carbons (Fsp3) is 0.562. The van der Waals surface area contributed by atoms with Gasteiger partial charge in [0.15, 0.2) is 0 Å². The third-order valence-electron chi connectivity index (χ3n) is 3.68. The highest BCUT2D eigenvalue weighted by molar-refractivity contribution is 5.78. The third-order valence-corrected chi connectivity index (χ3v) is 3.68. The second-order valence-corrected chi connectivity index (χ2v) is 5.45. The van der Waals surface area contributed by atoms with E-state index in [2.05, 4.69) is 10.2 Å². The Morgan fingerprint density at radius 3 is 3.00 bits per heavy atom. The van der Waals surface area contributed by atoms with E-state index >= 15 is 0 Å². The van der Waals surface area contributed by atoms with Crippen LogP contribution in [0.25, 0.3) is 0 Å². The molecule has 21 heavy (non-hydrogen) atoms. The Balaban J connectivity index is 1.89. The Bertz CT molecular complexity index is 478. The van der Waals surface area contributed by atoms with E-state index in [1.54, 1.807) is 7.11 Å². The topological polar surface area (TPSA) is 50.8 Å². The molecule has 2 rings (SSSR count). The maximum atomic E-state index is 12.2. The van der Waals surface area contributed by atoms with Crippen molar-refractivity contribution in [2.24, 2.45) is 0 Å². The minimum absolute atomic E-state index is 0.0301. The molecule has 0 aliphatic carbocycles. The van der Waals surface area contributed by atoms with Crippen LogP contribution in [0.15, 0.2) is 24.3 Å². The van der Waals surface area contributed by atoms with Crippen molar-refractivity contribution in [3.63, 3.8) is 0 Å². The number of amides is 1. The molecule has 0 saturated carbocycles. The molecule has 2 unspecified atom stereocenters. The standard InChI is InChI=1S/C16H24N2O3/c1-12-10-18(8-9-21-12)11-16(19)17-13(2)14-6-4-5-7-15(14)20-3/h4-7,12-13H,8-11H2,1-3H3,(H,17,19). The number of para-hydroxylation sites is 1. The van der Waals surface area contributed by atoms with Crippen LogP contribution in [0.1, 0.15) is 25.5 Å². The molecular formula is C16H24N2O3. The van der Waals surface area contributed by atoms with Gasteiger partial charge in [-0.3, -0.25) is 9.69 Å². The fourth-order valence-electron chi connectivity index (χ4n) is 2.63. The summed E-state index contributed by atoms with van der Waals surface area (Å²) in [6.07, 6.45) is 0.193. The van der Waals surface area contributed by atoms with E-state index in [1.807, 2.05) is 38.1 Å². The van der Waals surface area contributed by atoms with Gasteiger partial charge in [0.2, 0.25) is 5.91 Å². The van der Waals surface area contributed by atoms with Crippen LogP contribution >= 0.6 is 0 Å². The van der Waals surface area contributed by atoms with Crippen molar-refractivity contribution < 1.29 is 14.3 Å². The van der Waals surface area contributed by atoms with Gasteiger partial charge in [0.25, 0.3) is 0 Å². The van der Waals surface area contributed by atoms with Crippen LogP contribution in [-0.2, 0) is 9.53 Å². The lowest BCUT2D eigenvalue weighted by molar-refractivity contribution is -0.124. The first kappa shape index (κ1) is 15.8. The van der Waals surface area contributed by atoms with Crippen molar-refractivity contribution in [2.45, 2.75) is 26.0 Å². The SMILES string of the molecule is COc1ccccc1C(C)NC(=O)CN1CCOC(C)C1. The van der Waals surface area contributed by atoms with E-state index in [4.69, 9.17) is 9.47 Å². The van der Waals surface area contributed by atoms with E-state index in [0.717, 1.165) is 24.4 Å². The smallest absolute Gasteiger partial charge is 0.234 e. The number of carbonyl (C=O) groups is 1.